The van der Waals surface area contributed by atoms with Crippen LogP contribution in [0.15, 0.2) is 22.9 Å². The molecule has 0 saturated carbocycles. The zero-order chi connectivity index (χ0) is 11.5. The summed E-state index contributed by atoms with van der Waals surface area (Å²) in [7, 11) is 0. The minimum Gasteiger partial charge on any atom is -0.393 e. The van der Waals surface area contributed by atoms with Crippen LogP contribution in [0.2, 0.25) is 0 Å². The molecule has 1 aliphatic rings. The van der Waals surface area contributed by atoms with E-state index in [2.05, 4.69) is 38.8 Å². The maximum absolute atomic E-state index is 9.66. The SMILES string of the molecule is CC1CN(Cc2cncc(Br)c2)CCC1O. The fourth-order valence-corrected chi connectivity index (χ4v) is 2.58. The highest BCUT2D eigenvalue weighted by Crippen LogP contribution is 2.19. The first-order valence-corrected chi connectivity index (χ1v) is 6.44. The van der Waals surface area contributed by atoms with Crippen molar-refractivity contribution < 1.29 is 5.11 Å². The highest BCUT2D eigenvalue weighted by Gasteiger charge is 2.23. The maximum Gasteiger partial charge on any atom is 0.0590 e. The number of hydrogen-bond donors (Lipinski definition) is 1. The molecule has 0 aliphatic carbocycles. The average molecular weight is 285 g/mol. The predicted octanol–water partition coefficient (Wildman–Crippen LogP) is 2.05. The Kier molecular flexibility index (Phi) is 3.95. The number of pyridine rings is 1. The quantitative estimate of drug-likeness (QED) is 0.903. The van der Waals surface area contributed by atoms with Gasteiger partial charge in [-0.2, -0.15) is 0 Å². The summed E-state index contributed by atoms with van der Waals surface area (Å²) in [5.74, 6) is 0.369. The first kappa shape index (κ1) is 12.0. The molecular weight excluding hydrogens is 268 g/mol. The van der Waals surface area contributed by atoms with E-state index < -0.39 is 0 Å². The van der Waals surface area contributed by atoms with Crippen molar-refractivity contribution in [2.45, 2.75) is 26.0 Å². The van der Waals surface area contributed by atoms with E-state index in [1.165, 1.54) is 5.56 Å². The number of rotatable bonds is 2. The number of likely N-dealkylation sites (tertiary alicyclic amines) is 1. The Labute approximate surface area is 105 Å². The third-order valence-corrected chi connectivity index (χ3v) is 3.55. The lowest BCUT2D eigenvalue weighted by Gasteiger charge is -2.34. The molecule has 1 N–H and O–H groups in total. The molecule has 0 aromatic carbocycles. The Balaban J connectivity index is 1.95. The van der Waals surface area contributed by atoms with Crippen LogP contribution in [0.4, 0.5) is 0 Å². The molecule has 1 aliphatic heterocycles. The largest absolute Gasteiger partial charge is 0.393 e. The molecule has 4 heteroatoms. The number of hydrogen-bond acceptors (Lipinski definition) is 3. The van der Waals surface area contributed by atoms with Crippen LogP contribution in [0.3, 0.4) is 0 Å². The van der Waals surface area contributed by atoms with Gasteiger partial charge in [-0.05, 0) is 39.9 Å². The molecule has 2 heterocycles. The summed E-state index contributed by atoms with van der Waals surface area (Å²) in [6, 6.07) is 2.10. The van der Waals surface area contributed by atoms with Crippen molar-refractivity contribution in [3.05, 3.63) is 28.5 Å². The van der Waals surface area contributed by atoms with Gasteiger partial charge in [0, 0.05) is 36.5 Å². The number of aromatic nitrogens is 1. The highest BCUT2D eigenvalue weighted by molar-refractivity contribution is 9.10. The third-order valence-electron chi connectivity index (χ3n) is 3.11. The monoisotopic (exact) mass is 284 g/mol. The van der Waals surface area contributed by atoms with Gasteiger partial charge in [0.2, 0.25) is 0 Å². The Morgan fingerprint density at radius 2 is 2.38 bits per heavy atom. The smallest absolute Gasteiger partial charge is 0.0590 e. The third kappa shape index (κ3) is 3.03. The molecule has 16 heavy (non-hydrogen) atoms. The van der Waals surface area contributed by atoms with Crippen molar-refractivity contribution in [1.82, 2.24) is 9.88 Å². The minimum atomic E-state index is -0.128. The number of aliphatic hydroxyl groups excluding tert-OH is 1. The van der Waals surface area contributed by atoms with E-state index in [9.17, 15) is 5.11 Å². The summed E-state index contributed by atoms with van der Waals surface area (Å²) in [6.45, 7) is 4.96. The highest BCUT2D eigenvalue weighted by atomic mass is 79.9. The maximum atomic E-state index is 9.66. The molecule has 1 saturated heterocycles. The van der Waals surface area contributed by atoms with Crippen molar-refractivity contribution in [2.75, 3.05) is 13.1 Å². The molecule has 1 aromatic rings. The van der Waals surface area contributed by atoms with Crippen LogP contribution in [0.5, 0.6) is 0 Å². The number of aliphatic hydroxyl groups is 1. The zero-order valence-electron chi connectivity index (χ0n) is 9.43. The van der Waals surface area contributed by atoms with Gasteiger partial charge < -0.3 is 5.11 Å². The molecule has 2 rings (SSSR count). The fraction of sp³-hybridized carbons (Fsp3) is 0.583. The molecule has 0 amide bonds. The second kappa shape index (κ2) is 5.25. The van der Waals surface area contributed by atoms with Crippen LogP contribution < -0.4 is 0 Å². The van der Waals surface area contributed by atoms with Gasteiger partial charge in [-0.1, -0.05) is 6.92 Å². The van der Waals surface area contributed by atoms with E-state index >= 15 is 0 Å². The van der Waals surface area contributed by atoms with Crippen LogP contribution in [0.25, 0.3) is 0 Å². The van der Waals surface area contributed by atoms with Gasteiger partial charge in [0.1, 0.15) is 0 Å². The van der Waals surface area contributed by atoms with Crippen LogP contribution in [0, 0.1) is 5.92 Å². The summed E-state index contributed by atoms with van der Waals surface area (Å²) in [5.41, 5.74) is 1.22. The normalized spacial score (nSPS) is 26.9. The summed E-state index contributed by atoms with van der Waals surface area (Å²) in [5, 5.41) is 9.66. The molecule has 2 unspecified atom stereocenters. The molecular formula is C12H17BrN2O. The van der Waals surface area contributed by atoms with E-state index in [-0.39, 0.29) is 6.10 Å². The Morgan fingerprint density at radius 1 is 1.56 bits per heavy atom. The number of halogens is 1. The molecule has 0 bridgehead atoms. The first-order valence-electron chi connectivity index (χ1n) is 5.65. The topological polar surface area (TPSA) is 36.4 Å². The van der Waals surface area contributed by atoms with Crippen LogP contribution >= 0.6 is 15.9 Å². The Hall–Kier alpha value is -0.450. The molecule has 1 aromatic heterocycles. The predicted molar refractivity (Wildman–Crippen MR) is 67.0 cm³/mol. The van der Waals surface area contributed by atoms with Gasteiger partial charge in [0.05, 0.1) is 6.10 Å². The number of piperidine rings is 1. The zero-order valence-corrected chi connectivity index (χ0v) is 11.0. The molecule has 88 valence electrons. The van der Waals surface area contributed by atoms with Gasteiger partial charge in [0.25, 0.3) is 0 Å². The van der Waals surface area contributed by atoms with Crippen molar-refractivity contribution in [1.29, 1.82) is 0 Å². The lowest BCUT2D eigenvalue weighted by molar-refractivity contribution is 0.0320. The lowest BCUT2D eigenvalue weighted by Crippen LogP contribution is -2.41. The summed E-state index contributed by atoms with van der Waals surface area (Å²) >= 11 is 3.43. The van der Waals surface area contributed by atoms with E-state index in [4.69, 9.17) is 0 Å². The van der Waals surface area contributed by atoms with E-state index in [1.54, 1.807) is 6.20 Å². The van der Waals surface area contributed by atoms with Crippen LogP contribution in [-0.4, -0.2) is 34.2 Å². The van der Waals surface area contributed by atoms with Crippen molar-refractivity contribution in [2.24, 2.45) is 5.92 Å². The first-order chi connectivity index (χ1) is 7.65. The minimum absolute atomic E-state index is 0.128. The fourth-order valence-electron chi connectivity index (χ4n) is 2.16. The number of nitrogens with zero attached hydrogens (tertiary/aromatic N) is 2. The van der Waals surface area contributed by atoms with Gasteiger partial charge in [-0.3, -0.25) is 9.88 Å². The molecule has 2 atom stereocenters. The average Bonchev–Trinajstić information content (AvgIpc) is 2.24. The summed E-state index contributed by atoms with van der Waals surface area (Å²) in [6.07, 6.45) is 4.45. The molecule has 0 radical (unpaired) electrons. The van der Waals surface area contributed by atoms with Crippen LogP contribution in [-0.2, 0) is 6.54 Å². The van der Waals surface area contributed by atoms with Crippen molar-refractivity contribution in [3.63, 3.8) is 0 Å². The second-order valence-electron chi connectivity index (χ2n) is 4.58. The van der Waals surface area contributed by atoms with Crippen molar-refractivity contribution in [3.8, 4) is 0 Å². The van der Waals surface area contributed by atoms with Gasteiger partial charge in [-0.25, -0.2) is 0 Å². The van der Waals surface area contributed by atoms with E-state index in [0.717, 1.165) is 30.5 Å². The van der Waals surface area contributed by atoms with Gasteiger partial charge >= 0.3 is 0 Å². The van der Waals surface area contributed by atoms with Gasteiger partial charge in [0.15, 0.2) is 0 Å². The second-order valence-corrected chi connectivity index (χ2v) is 5.50. The summed E-state index contributed by atoms with van der Waals surface area (Å²) < 4.78 is 1.02. The van der Waals surface area contributed by atoms with Crippen molar-refractivity contribution >= 4 is 15.9 Å². The Morgan fingerprint density at radius 3 is 3.06 bits per heavy atom. The lowest BCUT2D eigenvalue weighted by atomic mass is 9.96. The Bertz CT molecular complexity index is 359. The van der Waals surface area contributed by atoms with Crippen LogP contribution in [0.1, 0.15) is 18.9 Å². The molecule has 0 spiro atoms. The van der Waals surface area contributed by atoms with Gasteiger partial charge in [-0.15, -0.1) is 0 Å². The molecule has 1 fully saturated rings. The van der Waals surface area contributed by atoms with E-state index in [1.807, 2.05) is 6.20 Å². The standard InChI is InChI=1S/C12H17BrN2O/c1-9-7-15(3-2-12(9)16)8-10-4-11(13)6-14-5-10/h4-6,9,12,16H,2-3,7-8H2,1H3. The van der Waals surface area contributed by atoms with E-state index in [0.29, 0.717) is 5.92 Å². The molecule has 3 nitrogen and oxygen atoms in total. The summed E-state index contributed by atoms with van der Waals surface area (Å²) in [4.78, 5) is 6.54.